The maximum absolute atomic E-state index is 12.2. The number of nitrogens with one attached hydrogen (secondary N) is 2. The van der Waals surface area contributed by atoms with Gasteiger partial charge in [-0.25, -0.2) is 4.79 Å². The average Bonchev–Trinajstić information content (AvgIpc) is 2.49. The third-order valence-corrected chi connectivity index (χ3v) is 3.40. The normalized spacial score (nSPS) is 14.9. The molecule has 23 heavy (non-hydrogen) atoms. The van der Waals surface area contributed by atoms with E-state index < -0.39 is 42.5 Å². The lowest BCUT2D eigenvalue weighted by Gasteiger charge is -2.23. The molecule has 0 fully saturated rings. The van der Waals surface area contributed by atoms with Gasteiger partial charge in [-0.2, -0.15) is 0 Å². The molecular weight excluding hydrogens is 304 g/mol. The van der Waals surface area contributed by atoms with Crippen LogP contribution in [0.4, 0.5) is 0 Å². The molecule has 0 radical (unpaired) electrons. The van der Waals surface area contributed by atoms with Crippen LogP contribution in [-0.4, -0.2) is 59.3 Å². The molecule has 9 heteroatoms. The largest absolute Gasteiger partial charge is 0.480 e. The maximum atomic E-state index is 12.2. The summed E-state index contributed by atoms with van der Waals surface area (Å²) in [6.45, 7) is 3.26. The van der Waals surface area contributed by atoms with E-state index >= 15 is 0 Å². The van der Waals surface area contributed by atoms with Crippen LogP contribution in [0.2, 0.25) is 0 Å². The number of nitrogens with two attached hydrogens (primary N) is 2. The second-order valence-corrected chi connectivity index (χ2v) is 5.70. The van der Waals surface area contributed by atoms with Crippen LogP contribution >= 0.6 is 0 Å². The fourth-order valence-corrected chi connectivity index (χ4v) is 1.79. The Morgan fingerprint density at radius 1 is 1.04 bits per heavy atom. The Balaban J connectivity index is 4.87. The van der Waals surface area contributed by atoms with Crippen molar-refractivity contribution in [1.29, 1.82) is 0 Å². The average molecular weight is 332 g/mol. The van der Waals surface area contributed by atoms with Gasteiger partial charge >= 0.3 is 5.97 Å². The van der Waals surface area contributed by atoms with Gasteiger partial charge in [0, 0.05) is 0 Å². The molecule has 0 heterocycles. The molecule has 0 aromatic heterocycles. The molecule has 0 aromatic rings. The molecule has 0 aliphatic rings. The second-order valence-electron chi connectivity index (χ2n) is 5.70. The number of aliphatic hydroxyl groups is 1. The van der Waals surface area contributed by atoms with Crippen LogP contribution in [-0.2, 0) is 14.4 Å². The molecule has 8 N–H and O–H groups in total. The van der Waals surface area contributed by atoms with Crippen molar-refractivity contribution in [2.45, 2.75) is 51.2 Å². The number of unbranched alkanes of at least 4 members (excludes halogenated alkanes) is 1. The van der Waals surface area contributed by atoms with Gasteiger partial charge in [0.2, 0.25) is 11.8 Å². The molecule has 0 aliphatic heterocycles. The van der Waals surface area contributed by atoms with Gasteiger partial charge in [-0.3, -0.25) is 9.59 Å². The van der Waals surface area contributed by atoms with E-state index in [4.69, 9.17) is 21.7 Å². The lowest BCUT2D eigenvalue weighted by molar-refractivity contribution is -0.143. The van der Waals surface area contributed by atoms with Crippen LogP contribution in [0.25, 0.3) is 0 Å². The molecule has 2 amide bonds. The summed E-state index contributed by atoms with van der Waals surface area (Å²) in [7, 11) is 0. The molecule has 0 saturated heterocycles. The van der Waals surface area contributed by atoms with Crippen molar-refractivity contribution in [3.05, 3.63) is 0 Å². The van der Waals surface area contributed by atoms with Gasteiger partial charge in [0.05, 0.1) is 12.6 Å². The summed E-state index contributed by atoms with van der Waals surface area (Å²) in [5.74, 6) is -2.62. The highest BCUT2D eigenvalue weighted by Crippen LogP contribution is 2.04. The zero-order chi connectivity index (χ0) is 18.0. The second kappa shape index (κ2) is 10.9. The number of aliphatic carboxylic acids is 1. The zero-order valence-electron chi connectivity index (χ0n) is 13.6. The lowest BCUT2D eigenvalue weighted by Crippen LogP contribution is -2.55. The summed E-state index contributed by atoms with van der Waals surface area (Å²) in [6.07, 6.45) is 1.55. The number of carbonyl (C=O) groups excluding carboxylic acids is 2. The first kappa shape index (κ1) is 21.3. The van der Waals surface area contributed by atoms with Crippen molar-refractivity contribution < 1.29 is 24.6 Å². The minimum absolute atomic E-state index is 0.105. The number of carbonyl (C=O) groups is 3. The van der Waals surface area contributed by atoms with Crippen molar-refractivity contribution in [3.8, 4) is 0 Å². The molecule has 0 aliphatic carbocycles. The Bertz CT molecular complexity index is 403. The van der Waals surface area contributed by atoms with Gasteiger partial charge in [-0.1, -0.05) is 13.8 Å². The van der Waals surface area contributed by atoms with E-state index in [9.17, 15) is 14.4 Å². The minimum Gasteiger partial charge on any atom is -0.480 e. The SMILES string of the molecule is CC(C)C(N)C(=O)NC(CCCCN)C(=O)NC(CO)C(=O)O. The number of hydrogen-bond acceptors (Lipinski definition) is 6. The number of rotatable bonds is 11. The van der Waals surface area contributed by atoms with Crippen molar-refractivity contribution in [2.24, 2.45) is 17.4 Å². The molecule has 0 rings (SSSR count). The Morgan fingerprint density at radius 2 is 1.61 bits per heavy atom. The molecule has 134 valence electrons. The van der Waals surface area contributed by atoms with Crippen molar-refractivity contribution in [3.63, 3.8) is 0 Å². The zero-order valence-corrected chi connectivity index (χ0v) is 13.6. The predicted molar refractivity (Wildman–Crippen MR) is 84.3 cm³/mol. The summed E-state index contributed by atoms with van der Waals surface area (Å²) < 4.78 is 0. The Labute approximate surface area is 135 Å². The number of aliphatic hydroxyl groups excluding tert-OH is 1. The molecule has 0 bridgehead atoms. The molecule has 0 saturated carbocycles. The van der Waals surface area contributed by atoms with Gasteiger partial charge in [-0.15, -0.1) is 0 Å². The van der Waals surface area contributed by atoms with E-state index in [0.717, 1.165) is 0 Å². The fraction of sp³-hybridized carbons (Fsp3) is 0.786. The number of amides is 2. The van der Waals surface area contributed by atoms with Crippen molar-refractivity contribution in [2.75, 3.05) is 13.2 Å². The first-order valence-electron chi connectivity index (χ1n) is 7.64. The van der Waals surface area contributed by atoms with Gasteiger partial charge in [0.25, 0.3) is 0 Å². The van der Waals surface area contributed by atoms with E-state index in [1.54, 1.807) is 13.8 Å². The molecule has 3 unspecified atom stereocenters. The highest BCUT2D eigenvalue weighted by atomic mass is 16.4. The summed E-state index contributed by atoms with van der Waals surface area (Å²) >= 11 is 0. The first-order valence-corrected chi connectivity index (χ1v) is 7.64. The van der Waals surface area contributed by atoms with Crippen LogP contribution in [0.15, 0.2) is 0 Å². The Hall–Kier alpha value is -1.71. The number of carboxylic acids is 1. The molecule has 0 aromatic carbocycles. The third kappa shape index (κ3) is 7.91. The van der Waals surface area contributed by atoms with Gasteiger partial charge in [-0.05, 0) is 31.7 Å². The highest BCUT2D eigenvalue weighted by Gasteiger charge is 2.28. The molecule has 9 nitrogen and oxygen atoms in total. The van der Waals surface area contributed by atoms with Crippen LogP contribution < -0.4 is 22.1 Å². The number of carboxylic acid groups (broad SMARTS) is 1. The van der Waals surface area contributed by atoms with Gasteiger partial charge in [0.15, 0.2) is 0 Å². The maximum Gasteiger partial charge on any atom is 0.328 e. The molecular formula is C14H28N4O5. The van der Waals surface area contributed by atoms with Crippen LogP contribution in [0.5, 0.6) is 0 Å². The topological polar surface area (TPSA) is 168 Å². The standard InChI is InChI=1S/C14H28N4O5/c1-8(2)11(16)13(21)17-9(5-3-4-6-15)12(20)18-10(7-19)14(22)23/h8-11,19H,3-7,15-16H2,1-2H3,(H,17,21)(H,18,20)(H,22,23). The van der Waals surface area contributed by atoms with E-state index in [2.05, 4.69) is 10.6 Å². The third-order valence-electron chi connectivity index (χ3n) is 3.40. The van der Waals surface area contributed by atoms with Gasteiger partial charge in [0.1, 0.15) is 12.1 Å². The summed E-state index contributed by atoms with van der Waals surface area (Å²) in [5, 5.41) is 22.6. The monoisotopic (exact) mass is 332 g/mol. The van der Waals surface area contributed by atoms with Crippen molar-refractivity contribution >= 4 is 17.8 Å². The summed E-state index contributed by atoms with van der Waals surface area (Å²) in [6, 6.07) is -3.12. The summed E-state index contributed by atoms with van der Waals surface area (Å²) in [4.78, 5) is 35.1. The smallest absolute Gasteiger partial charge is 0.328 e. The summed E-state index contributed by atoms with van der Waals surface area (Å²) in [5.41, 5.74) is 11.1. The Morgan fingerprint density at radius 3 is 2.04 bits per heavy atom. The quantitative estimate of drug-likeness (QED) is 0.241. The molecule has 3 atom stereocenters. The predicted octanol–water partition coefficient (Wildman–Crippen LogP) is -1.85. The minimum atomic E-state index is -1.42. The fourth-order valence-electron chi connectivity index (χ4n) is 1.79. The van der Waals surface area contributed by atoms with Gasteiger partial charge < -0.3 is 32.3 Å². The molecule has 0 spiro atoms. The van der Waals surface area contributed by atoms with E-state index in [-0.39, 0.29) is 5.92 Å². The number of hydrogen-bond donors (Lipinski definition) is 6. The van der Waals surface area contributed by atoms with E-state index in [1.807, 2.05) is 0 Å². The van der Waals surface area contributed by atoms with Crippen LogP contribution in [0.3, 0.4) is 0 Å². The lowest BCUT2D eigenvalue weighted by atomic mass is 10.0. The van der Waals surface area contributed by atoms with Crippen LogP contribution in [0.1, 0.15) is 33.1 Å². The Kier molecular flexibility index (Phi) is 10.1. The van der Waals surface area contributed by atoms with E-state index in [0.29, 0.717) is 25.8 Å². The van der Waals surface area contributed by atoms with Crippen molar-refractivity contribution in [1.82, 2.24) is 10.6 Å². The first-order chi connectivity index (χ1) is 10.7. The van der Waals surface area contributed by atoms with Crippen LogP contribution in [0, 0.1) is 5.92 Å². The van der Waals surface area contributed by atoms with E-state index in [1.165, 1.54) is 0 Å². The highest BCUT2D eigenvalue weighted by molar-refractivity contribution is 5.91.